The van der Waals surface area contributed by atoms with Gasteiger partial charge in [-0.15, -0.1) is 0 Å². The van der Waals surface area contributed by atoms with Crippen LogP contribution in [0.2, 0.25) is 0 Å². The summed E-state index contributed by atoms with van der Waals surface area (Å²) in [6.45, 7) is 0.817. The molecule has 0 radical (unpaired) electrons. The zero-order valence-electron chi connectivity index (χ0n) is 17.3. The van der Waals surface area contributed by atoms with Gasteiger partial charge in [0, 0.05) is 13.1 Å². The largest absolute Gasteiger partial charge is 0.433 e. The molecular formula is C27H21F3N2. The molecule has 0 atom stereocenters. The van der Waals surface area contributed by atoms with Crippen LogP contribution in [0.25, 0.3) is 0 Å². The summed E-state index contributed by atoms with van der Waals surface area (Å²) < 4.78 is 39.9. The number of halogens is 3. The average Bonchev–Trinajstić information content (AvgIpc) is 3.25. The van der Waals surface area contributed by atoms with E-state index >= 15 is 0 Å². The summed E-state index contributed by atoms with van der Waals surface area (Å²) in [4.78, 5) is 6.23. The maximum Gasteiger partial charge on any atom is 0.433 e. The maximum atomic E-state index is 13.3. The van der Waals surface area contributed by atoms with Crippen LogP contribution < -0.4 is 0 Å². The summed E-state index contributed by atoms with van der Waals surface area (Å²) in [5.41, 5.74) is 2.95. The normalized spacial score (nSPS) is 14.3. The van der Waals surface area contributed by atoms with Crippen molar-refractivity contribution in [3.05, 3.63) is 137 Å². The lowest BCUT2D eigenvalue weighted by Crippen LogP contribution is -2.45. The third-order valence-corrected chi connectivity index (χ3v) is 6.11. The first-order valence-corrected chi connectivity index (χ1v) is 10.5. The molecule has 0 saturated heterocycles. The second-order valence-electron chi connectivity index (χ2n) is 7.96. The number of alkyl halides is 3. The van der Waals surface area contributed by atoms with Crippen LogP contribution in [0.5, 0.6) is 0 Å². The van der Waals surface area contributed by atoms with Gasteiger partial charge in [-0.25, -0.2) is 4.98 Å². The Morgan fingerprint density at radius 2 is 1.06 bits per heavy atom. The Balaban J connectivity index is 1.72. The number of benzene rings is 3. The van der Waals surface area contributed by atoms with Gasteiger partial charge < -0.3 is 0 Å². The monoisotopic (exact) mass is 430 g/mol. The van der Waals surface area contributed by atoms with E-state index in [1.807, 2.05) is 54.6 Å². The second kappa shape index (κ2) is 7.92. The maximum absolute atomic E-state index is 13.3. The molecule has 0 fully saturated rings. The molecule has 32 heavy (non-hydrogen) atoms. The number of fused-ring (bicyclic) bond motifs is 1. The average molecular weight is 430 g/mol. The molecule has 2 heterocycles. The minimum atomic E-state index is -4.46. The molecule has 0 amide bonds. The lowest BCUT2D eigenvalue weighted by atomic mass is 9.75. The summed E-state index contributed by atoms with van der Waals surface area (Å²) in [6.07, 6.45) is -4.46. The molecule has 1 aromatic heterocycles. The molecule has 2 nitrogen and oxygen atoms in total. The summed E-state index contributed by atoms with van der Waals surface area (Å²) in [6, 6.07) is 33.0. The summed E-state index contributed by atoms with van der Waals surface area (Å²) in [7, 11) is 0. The van der Waals surface area contributed by atoms with Crippen molar-refractivity contribution < 1.29 is 13.2 Å². The van der Waals surface area contributed by atoms with Gasteiger partial charge in [0.2, 0.25) is 0 Å². The van der Waals surface area contributed by atoms with E-state index in [1.165, 1.54) is 0 Å². The molecule has 0 unspecified atom stereocenters. The predicted molar refractivity (Wildman–Crippen MR) is 118 cm³/mol. The molecule has 0 bridgehead atoms. The zero-order valence-corrected chi connectivity index (χ0v) is 17.3. The van der Waals surface area contributed by atoms with E-state index in [-0.39, 0.29) is 0 Å². The van der Waals surface area contributed by atoms with E-state index in [4.69, 9.17) is 0 Å². The first-order valence-electron chi connectivity index (χ1n) is 10.5. The van der Waals surface area contributed by atoms with Crippen molar-refractivity contribution in [2.75, 3.05) is 0 Å². The first kappa shape index (κ1) is 20.5. The molecule has 0 spiro atoms. The van der Waals surface area contributed by atoms with Gasteiger partial charge in [-0.1, -0.05) is 97.1 Å². The van der Waals surface area contributed by atoms with Gasteiger partial charge in [-0.05, 0) is 28.3 Å². The number of rotatable bonds is 4. The number of nitrogens with zero attached hydrogens (tertiary/aromatic N) is 2. The van der Waals surface area contributed by atoms with Crippen molar-refractivity contribution in [2.45, 2.75) is 24.8 Å². The van der Waals surface area contributed by atoms with Crippen molar-refractivity contribution in [1.29, 1.82) is 0 Å². The van der Waals surface area contributed by atoms with Crippen LogP contribution in [-0.4, -0.2) is 9.88 Å². The summed E-state index contributed by atoms with van der Waals surface area (Å²) >= 11 is 0. The Morgan fingerprint density at radius 1 is 0.594 bits per heavy atom. The predicted octanol–water partition coefficient (Wildman–Crippen LogP) is 6.41. The van der Waals surface area contributed by atoms with Crippen LogP contribution in [-0.2, 0) is 24.8 Å². The Morgan fingerprint density at radius 3 is 1.50 bits per heavy atom. The summed E-state index contributed by atoms with van der Waals surface area (Å²) in [5.74, 6) is 0. The fourth-order valence-electron chi connectivity index (χ4n) is 4.73. The Kier molecular flexibility index (Phi) is 5.06. The highest BCUT2D eigenvalue weighted by Gasteiger charge is 2.45. The molecule has 1 aliphatic rings. The fraction of sp³-hybridized carbons (Fsp3) is 0.148. The number of hydrogen-bond donors (Lipinski definition) is 0. The van der Waals surface area contributed by atoms with Crippen molar-refractivity contribution in [2.24, 2.45) is 0 Å². The van der Waals surface area contributed by atoms with Gasteiger partial charge in [0.05, 0.1) is 11.2 Å². The lowest BCUT2D eigenvalue weighted by Gasteiger charge is -2.43. The topological polar surface area (TPSA) is 16.1 Å². The van der Waals surface area contributed by atoms with Crippen LogP contribution in [0.3, 0.4) is 0 Å². The lowest BCUT2D eigenvalue weighted by molar-refractivity contribution is -0.141. The van der Waals surface area contributed by atoms with Crippen LogP contribution >= 0.6 is 0 Å². The number of aromatic nitrogens is 1. The zero-order chi connectivity index (χ0) is 22.2. The quantitative estimate of drug-likeness (QED) is 0.348. The Labute approximate surface area is 185 Å². The molecule has 3 aromatic carbocycles. The van der Waals surface area contributed by atoms with Crippen LogP contribution in [0.4, 0.5) is 13.2 Å². The second-order valence-corrected chi connectivity index (χ2v) is 7.96. The van der Waals surface area contributed by atoms with E-state index in [0.29, 0.717) is 18.8 Å². The number of pyridine rings is 1. The van der Waals surface area contributed by atoms with Gasteiger partial charge in [0.15, 0.2) is 0 Å². The highest BCUT2D eigenvalue weighted by molar-refractivity contribution is 5.50. The molecule has 160 valence electrons. The first-order chi connectivity index (χ1) is 15.5. The molecule has 1 aliphatic heterocycles. The molecule has 0 N–H and O–H groups in total. The van der Waals surface area contributed by atoms with Gasteiger partial charge in [0.1, 0.15) is 5.69 Å². The van der Waals surface area contributed by atoms with E-state index in [0.717, 1.165) is 28.3 Å². The Hall–Kier alpha value is -3.44. The minimum Gasteiger partial charge on any atom is -0.276 e. The van der Waals surface area contributed by atoms with E-state index in [1.54, 1.807) is 6.07 Å². The molecular weight excluding hydrogens is 409 g/mol. The van der Waals surface area contributed by atoms with Crippen LogP contribution in [0.15, 0.2) is 103 Å². The van der Waals surface area contributed by atoms with Gasteiger partial charge in [-0.3, -0.25) is 4.90 Å². The molecule has 5 heteroatoms. The van der Waals surface area contributed by atoms with Gasteiger partial charge >= 0.3 is 6.18 Å². The minimum absolute atomic E-state index is 0.317. The van der Waals surface area contributed by atoms with Crippen LogP contribution in [0.1, 0.15) is 33.6 Å². The van der Waals surface area contributed by atoms with Crippen molar-refractivity contribution in [1.82, 2.24) is 9.88 Å². The van der Waals surface area contributed by atoms with E-state index < -0.39 is 17.4 Å². The third kappa shape index (κ3) is 3.39. The highest BCUT2D eigenvalue weighted by Crippen LogP contribution is 2.46. The van der Waals surface area contributed by atoms with Gasteiger partial charge in [-0.2, -0.15) is 13.2 Å². The summed E-state index contributed by atoms with van der Waals surface area (Å²) in [5, 5.41) is 0. The molecule has 0 aliphatic carbocycles. The molecule has 0 saturated carbocycles. The smallest absolute Gasteiger partial charge is 0.276 e. The number of hydrogen-bond acceptors (Lipinski definition) is 2. The fourth-order valence-corrected chi connectivity index (χ4v) is 4.73. The van der Waals surface area contributed by atoms with E-state index in [9.17, 15) is 13.2 Å². The molecule has 4 aromatic rings. The SMILES string of the molecule is FC(F)(F)c1ccc2c(n1)CN(C(c1ccccc1)(c1ccccc1)c1ccccc1)C2. The van der Waals surface area contributed by atoms with Crippen molar-refractivity contribution >= 4 is 0 Å². The molecule has 5 rings (SSSR count). The van der Waals surface area contributed by atoms with E-state index in [2.05, 4.69) is 46.3 Å². The standard InChI is InChI=1S/C27H21F3N2/c28-27(29,30)25-17-16-20-18-32(19-24(20)31-25)26(21-10-4-1-5-11-21,22-12-6-2-7-13-22)23-14-8-3-9-15-23/h1-17H,18-19H2. The Bertz CT molecular complexity index is 1110. The highest BCUT2D eigenvalue weighted by atomic mass is 19.4. The third-order valence-electron chi connectivity index (χ3n) is 6.11. The van der Waals surface area contributed by atoms with Crippen LogP contribution in [0, 0.1) is 0 Å². The van der Waals surface area contributed by atoms with Crippen molar-refractivity contribution in [3.8, 4) is 0 Å². The van der Waals surface area contributed by atoms with Crippen molar-refractivity contribution in [3.63, 3.8) is 0 Å². The van der Waals surface area contributed by atoms with Gasteiger partial charge in [0.25, 0.3) is 0 Å².